The summed E-state index contributed by atoms with van der Waals surface area (Å²) in [4.78, 5) is 10.2. The van der Waals surface area contributed by atoms with Gasteiger partial charge in [0.05, 0.1) is 0 Å². The lowest BCUT2D eigenvalue weighted by atomic mass is 10.1. The Bertz CT molecular complexity index is 327. The molecular formula is C20H34O2. The minimum atomic E-state index is -0.908. The largest absolute Gasteiger partial charge is 0.478 e. The van der Waals surface area contributed by atoms with Gasteiger partial charge < -0.3 is 5.11 Å². The molecule has 0 bridgehead atoms. The molecule has 0 aliphatic heterocycles. The first-order valence-corrected chi connectivity index (χ1v) is 9.00. The van der Waals surface area contributed by atoms with E-state index in [2.05, 4.69) is 13.0 Å². The van der Waals surface area contributed by atoms with Gasteiger partial charge >= 0.3 is 5.97 Å². The van der Waals surface area contributed by atoms with E-state index in [0.717, 1.165) is 12.5 Å². The van der Waals surface area contributed by atoms with Crippen LogP contribution in [0.2, 0.25) is 0 Å². The molecule has 0 saturated heterocycles. The third kappa shape index (κ3) is 18.7. The molecule has 0 unspecified atom stereocenters. The Morgan fingerprint density at radius 3 is 1.77 bits per heavy atom. The Kier molecular flexibility index (Phi) is 16.7. The summed E-state index contributed by atoms with van der Waals surface area (Å²) in [6, 6.07) is 0. The van der Waals surface area contributed by atoms with E-state index in [4.69, 9.17) is 5.11 Å². The molecule has 0 heterocycles. The van der Waals surface area contributed by atoms with Gasteiger partial charge in [-0.05, 0) is 12.8 Å². The molecule has 0 aromatic rings. The van der Waals surface area contributed by atoms with Crippen molar-refractivity contribution in [2.75, 3.05) is 0 Å². The average Bonchev–Trinajstić information content (AvgIpc) is 2.50. The molecule has 0 rings (SSSR count). The molecule has 0 aliphatic rings. The van der Waals surface area contributed by atoms with E-state index < -0.39 is 5.97 Å². The fourth-order valence-corrected chi connectivity index (χ4v) is 2.37. The van der Waals surface area contributed by atoms with Gasteiger partial charge in [-0.1, -0.05) is 102 Å². The zero-order valence-corrected chi connectivity index (χ0v) is 14.3. The fraction of sp³-hybridized carbons (Fsp3) is 0.650. The van der Waals surface area contributed by atoms with Crippen LogP contribution in [0.4, 0.5) is 0 Å². The molecule has 0 saturated carbocycles. The van der Waals surface area contributed by atoms with Crippen LogP contribution < -0.4 is 0 Å². The van der Waals surface area contributed by atoms with Gasteiger partial charge in [-0.25, -0.2) is 4.79 Å². The lowest BCUT2D eigenvalue weighted by Gasteiger charge is -2.01. The highest BCUT2D eigenvalue weighted by Crippen LogP contribution is 2.11. The maximum absolute atomic E-state index is 10.2. The summed E-state index contributed by atoms with van der Waals surface area (Å²) < 4.78 is 0. The van der Waals surface area contributed by atoms with Crippen LogP contribution in [0.25, 0.3) is 0 Å². The lowest BCUT2D eigenvalue weighted by molar-refractivity contribution is -0.131. The standard InChI is InChI=1S/C20H34O2/c1-2-3-4-5-6-7-8-9-10-11-12-13-14-15-16-17-18-19-20(21)22/h14-19H,2-13H2,1H3,(H,21,22)/b15-14+,17-16-,19-18-. The molecule has 0 aromatic heterocycles. The van der Waals surface area contributed by atoms with Gasteiger partial charge in [-0.3, -0.25) is 0 Å². The van der Waals surface area contributed by atoms with Crippen molar-refractivity contribution in [1.29, 1.82) is 0 Å². The number of unbranched alkanes of at least 4 members (excludes halogenated alkanes) is 11. The van der Waals surface area contributed by atoms with Crippen molar-refractivity contribution in [3.8, 4) is 0 Å². The third-order valence-corrected chi connectivity index (χ3v) is 3.68. The number of hydrogen-bond acceptors (Lipinski definition) is 1. The number of allylic oxidation sites excluding steroid dienone is 5. The van der Waals surface area contributed by atoms with Crippen molar-refractivity contribution in [2.45, 2.75) is 84.0 Å². The average molecular weight is 306 g/mol. The molecule has 0 fully saturated rings. The maximum atomic E-state index is 10.2. The van der Waals surface area contributed by atoms with Gasteiger partial charge in [-0.15, -0.1) is 0 Å². The molecule has 0 amide bonds. The van der Waals surface area contributed by atoms with Crippen molar-refractivity contribution >= 4 is 5.97 Å². The van der Waals surface area contributed by atoms with Crippen LogP contribution in [0, 0.1) is 0 Å². The SMILES string of the molecule is CCCCCCCCCCCCC/C=C/C=C\C=C/C(=O)O. The van der Waals surface area contributed by atoms with E-state index in [-0.39, 0.29) is 0 Å². The number of hydrogen-bond donors (Lipinski definition) is 1. The minimum Gasteiger partial charge on any atom is -0.478 e. The zero-order chi connectivity index (χ0) is 16.3. The van der Waals surface area contributed by atoms with Gasteiger partial charge in [0.1, 0.15) is 0 Å². The second-order valence-electron chi connectivity index (χ2n) is 5.83. The molecule has 0 radical (unpaired) electrons. The highest BCUT2D eigenvalue weighted by Gasteiger charge is 1.92. The number of carbonyl (C=O) groups is 1. The summed E-state index contributed by atoms with van der Waals surface area (Å²) in [6.07, 6.45) is 26.7. The lowest BCUT2D eigenvalue weighted by Crippen LogP contribution is -1.84. The van der Waals surface area contributed by atoms with E-state index >= 15 is 0 Å². The predicted molar refractivity (Wildman–Crippen MR) is 96.1 cm³/mol. The van der Waals surface area contributed by atoms with E-state index in [9.17, 15) is 4.79 Å². The first-order chi connectivity index (χ1) is 10.8. The molecule has 1 N–H and O–H groups in total. The topological polar surface area (TPSA) is 37.3 Å². The summed E-state index contributed by atoms with van der Waals surface area (Å²) in [5.74, 6) is -0.908. The van der Waals surface area contributed by atoms with E-state index in [0.29, 0.717) is 0 Å². The number of carboxylic acids is 1. The predicted octanol–water partition coefficient (Wildman–Crippen LogP) is 6.44. The Morgan fingerprint density at radius 1 is 0.727 bits per heavy atom. The monoisotopic (exact) mass is 306 g/mol. The Labute approximate surface area is 137 Å². The van der Waals surface area contributed by atoms with Gasteiger partial charge in [0, 0.05) is 6.08 Å². The quantitative estimate of drug-likeness (QED) is 0.215. The van der Waals surface area contributed by atoms with Crippen LogP contribution in [0.3, 0.4) is 0 Å². The minimum absolute atomic E-state index is 0.908. The Morgan fingerprint density at radius 2 is 1.23 bits per heavy atom. The second-order valence-corrected chi connectivity index (χ2v) is 5.83. The van der Waals surface area contributed by atoms with E-state index in [1.807, 2.05) is 12.2 Å². The first-order valence-electron chi connectivity index (χ1n) is 9.00. The van der Waals surface area contributed by atoms with E-state index in [1.54, 1.807) is 6.08 Å². The zero-order valence-electron chi connectivity index (χ0n) is 14.3. The Balaban J connectivity index is 3.21. The van der Waals surface area contributed by atoms with Crippen LogP contribution in [-0.4, -0.2) is 11.1 Å². The highest BCUT2D eigenvalue weighted by atomic mass is 16.4. The number of rotatable bonds is 15. The van der Waals surface area contributed by atoms with Crippen molar-refractivity contribution in [3.05, 3.63) is 36.5 Å². The van der Waals surface area contributed by atoms with E-state index in [1.165, 1.54) is 76.7 Å². The summed E-state index contributed by atoms with van der Waals surface area (Å²) in [5, 5.41) is 8.40. The fourth-order valence-electron chi connectivity index (χ4n) is 2.37. The number of aliphatic carboxylic acids is 1. The smallest absolute Gasteiger partial charge is 0.328 e. The Hall–Kier alpha value is -1.31. The summed E-state index contributed by atoms with van der Waals surface area (Å²) >= 11 is 0. The highest BCUT2D eigenvalue weighted by molar-refractivity contribution is 5.80. The normalized spacial score (nSPS) is 12.0. The van der Waals surface area contributed by atoms with Crippen molar-refractivity contribution in [3.63, 3.8) is 0 Å². The third-order valence-electron chi connectivity index (χ3n) is 3.68. The molecule has 22 heavy (non-hydrogen) atoms. The van der Waals surface area contributed by atoms with Crippen molar-refractivity contribution in [2.24, 2.45) is 0 Å². The van der Waals surface area contributed by atoms with Crippen LogP contribution in [0.1, 0.15) is 84.0 Å². The van der Waals surface area contributed by atoms with Crippen LogP contribution in [0.5, 0.6) is 0 Å². The van der Waals surface area contributed by atoms with Gasteiger partial charge in [0.2, 0.25) is 0 Å². The molecular weight excluding hydrogens is 272 g/mol. The molecule has 0 atom stereocenters. The molecule has 0 spiro atoms. The van der Waals surface area contributed by atoms with Crippen LogP contribution >= 0.6 is 0 Å². The molecule has 0 aliphatic carbocycles. The molecule has 2 nitrogen and oxygen atoms in total. The molecule has 2 heteroatoms. The molecule has 126 valence electrons. The van der Waals surface area contributed by atoms with Crippen LogP contribution in [0.15, 0.2) is 36.5 Å². The van der Waals surface area contributed by atoms with Crippen LogP contribution in [-0.2, 0) is 4.79 Å². The first kappa shape index (κ1) is 20.7. The number of carboxylic acid groups (broad SMARTS) is 1. The maximum Gasteiger partial charge on any atom is 0.328 e. The summed E-state index contributed by atoms with van der Waals surface area (Å²) in [7, 11) is 0. The summed E-state index contributed by atoms with van der Waals surface area (Å²) in [6.45, 7) is 2.27. The van der Waals surface area contributed by atoms with Gasteiger partial charge in [-0.2, -0.15) is 0 Å². The van der Waals surface area contributed by atoms with Crippen molar-refractivity contribution in [1.82, 2.24) is 0 Å². The van der Waals surface area contributed by atoms with Crippen molar-refractivity contribution < 1.29 is 9.90 Å². The summed E-state index contributed by atoms with van der Waals surface area (Å²) in [5.41, 5.74) is 0. The van der Waals surface area contributed by atoms with Gasteiger partial charge in [0.15, 0.2) is 0 Å². The second kappa shape index (κ2) is 17.7. The molecule has 0 aromatic carbocycles. The van der Waals surface area contributed by atoms with Gasteiger partial charge in [0.25, 0.3) is 0 Å².